The van der Waals surface area contributed by atoms with E-state index in [9.17, 15) is 0 Å². The van der Waals surface area contributed by atoms with Gasteiger partial charge in [-0.3, -0.25) is 0 Å². The molecule has 0 aliphatic rings. The van der Waals surface area contributed by atoms with Gasteiger partial charge in [0.2, 0.25) is 0 Å². The number of aryl methyl sites for hydroxylation is 1. The Morgan fingerprint density at radius 2 is 2.38 bits per heavy atom. The zero-order valence-corrected chi connectivity index (χ0v) is 7.74. The second kappa shape index (κ2) is 4.74. The number of rotatable bonds is 4. The molecule has 1 rings (SSSR count). The summed E-state index contributed by atoms with van der Waals surface area (Å²) in [6.07, 6.45) is 2.43. The molecule has 0 radical (unpaired) electrons. The lowest BCUT2D eigenvalue weighted by Gasteiger charge is -2.06. The number of nitrogens with zero attached hydrogens (tertiary/aromatic N) is 2. The average molecular weight is 183 g/mol. The van der Waals surface area contributed by atoms with Crippen LogP contribution in [0.15, 0.2) is 6.20 Å². The van der Waals surface area contributed by atoms with Gasteiger partial charge < -0.3 is 9.94 Å². The van der Waals surface area contributed by atoms with Crippen LogP contribution in [-0.2, 0) is 13.0 Å². The molecule has 0 saturated carbocycles. The van der Waals surface area contributed by atoms with Crippen molar-refractivity contribution < 1.29 is 9.94 Å². The third kappa shape index (κ3) is 2.37. The molecular weight excluding hydrogens is 170 g/mol. The minimum absolute atomic E-state index is 0.354. The Bertz CT molecular complexity index is 278. The molecule has 1 aromatic heterocycles. The number of hydrogen-bond donors (Lipinski definition) is 2. The molecule has 13 heavy (non-hydrogen) atoms. The second-order valence-electron chi connectivity index (χ2n) is 2.52. The van der Waals surface area contributed by atoms with E-state index in [0.717, 1.165) is 17.7 Å². The first-order valence-electron chi connectivity index (χ1n) is 4.07. The van der Waals surface area contributed by atoms with Crippen LogP contribution in [0.2, 0.25) is 0 Å². The van der Waals surface area contributed by atoms with Gasteiger partial charge in [-0.2, -0.15) is 4.98 Å². The summed E-state index contributed by atoms with van der Waals surface area (Å²) in [6, 6.07) is 0.360. The third-order valence-electron chi connectivity index (χ3n) is 1.72. The number of hydroxylamine groups is 1. The van der Waals surface area contributed by atoms with Crippen LogP contribution in [0.5, 0.6) is 6.01 Å². The number of aromatic nitrogens is 2. The molecule has 2 N–H and O–H groups in total. The Labute approximate surface area is 76.7 Å². The molecular formula is C8H13N3O2. The summed E-state index contributed by atoms with van der Waals surface area (Å²) in [5, 5.41) is 8.53. The van der Waals surface area contributed by atoms with E-state index >= 15 is 0 Å². The number of methoxy groups -OCH3 is 1. The summed E-state index contributed by atoms with van der Waals surface area (Å²) in [7, 11) is 1.53. The van der Waals surface area contributed by atoms with Gasteiger partial charge in [0.15, 0.2) is 0 Å². The van der Waals surface area contributed by atoms with Crippen molar-refractivity contribution in [2.45, 2.75) is 19.9 Å². The highest BCUT2D eigenvalue weighted by atomic mass is 16.5. The summed E-state index contributed by atoms with van der Waals surface area (Å²) in [6.45, 7) is 2.34. The van der Waals surface area contributed by atoms with Gasteiger partial charge in [-0.1, -0.05) is 6.92 Å². The summed E-state index contributed by atoms with van der Waals surface area (Å²) in [4.78, 5) is 8.08. The van der Waals surface area contributed by atoms with Crippen molar-refractivity contribution in [1.82, 2.24) is 15.4 Å². The lowest BCUT2D eigenvalue weighted by molar-refractivity contribution is 0.160. The summed E-state index contributed by atoms with van der Waals surface area (Å²) in [5.74, 6) is 0. The standard InChI is InChI=1S/C8H13N3O2/c1-3-7-6(5-10-12)4-9-8(11-7)13-2/h4,10,12H,3,5H2,1-2H3. The van der Waals surface area contributed by atoms with Gasteiger partial charge in [0.25, 0.3) is 0 Å². The minimum Gasteiger partial charge on any atom is -0.467 e. The normalized spacial score (nSPS) is 10.1. The first kappa shape index (κ1) is 9.88. The quantitative estimate of drug-likeness (QED) is 0.666. The van der Waals surface area contributed by atoms with Crippen molar-refractivity contribution in [3.8, 4) is 6.01 Å². The van der Waals surface area contributed by atoms with Crippen molar-refractivity contribution in [1.29, 1.82) is 0 Å². The fraction of sp³-hybridized carbons (Fsp3) is 0.500. The van der Waals surface area contributed by atoms with Crippen LogP contribution >= 0.6 is 0 Å². The molecule has 0 bridgehead atoms. The van der Waals surface area contributed by atoms with Crippen LogP contribution in [-0.4, -0.2) is 22.3 Å². The lowest BCUT2D eigenvalue weighted by Crippen LogP contribution is -2.10. The van der Waals surface area contributed by atoms with Gasteiger partial charge in [0.05, 0.1) is 12.8 Å². The maximum absolute atomic E-state index is 8.53. The SMILES string of the molecule is CCc1nc(OC)ncc1CNO. The molecule has 1 heterocycles. The van der Waals surface area contributed by atoms with E-state index < -0.39 is 0 Å². The van der Waals surface area contributed by atoms with E-state index in [-0.39, 0.29) is 0 Å². The molecule has 0 atom stereocenters. The van der Waals surface area contributed by atoms with Gasteiger partial charge >= 0.3 is 6.01 Å². The fourth-order valence-corrected chi connectivity index (χ4v) is 1.06. The largest absolute Gasteiger partial charge is 0.467 e. The van der Waals surface area contributed by atoms with Crippen LogP contribution in [0.3, 0.4) is 0 Å². The monoisotopic (exact) mass is 183 g/mol. The van der Waals surface area contributed by atoms with Crippen molar-refractivity contribution >= 4 is 0 Å². The molecule has 72 valence electrons. The molecule has 0 amide bonds. The molecule has 0 aromatic carbocycles. The molecule has 0 aliphatic heterocycles. The number of nitrogens with one attached hydrogen (secondary N) is 1. The zero-order chi connectivity index (χ0) is 9.68. The first-order valence-corrected chi connectivity index (χ1v) is 4.07. The predicted molar refractivity (Wildman–Crippen MR) is 46.6 cm³/mol. The minimum atomic E-state index is 0.354. The van der Waals surface area contributed by atoms with E-state index in [1.54, 1.807) is 6.20 Å². The summed E-state index contributed by atoms with van der Waals surface area (Å²) in [5.41, 5.74) is 3.84. The summed E-state index contributed by atoms with van der Waals surface area (Å²) < 4.78 is 4.88. The molecule has 5 heteroatoms. The Hall–Kier alpha value is -1.20. The fourth-order valence-electron chi connectivity index (χ4n) is 1.06. The van der Waals surface area contributed by atoms with Crippen LogP contribution in [0.1, 0.15) is 18.2 Å². The van der Waals surface area contributed by atoms with Gasteiger partial charge in [-0.05, 0) is 6.42 Å². The molecule has 0 spiro atoms. The van der Waals surface area contributed by atoms with E-state index in [1.807, 2.05) is 6.92 Å². The lowest BCUT2D eigenvalue weighted by atomic mass is 10.2. The van der Waals surface area contributed by atoms with E-state index in [4.69, 9.17) is 9.94 Å². The molecule has 0 unspecified atom stereocenters. The third-order valence-corrected chi connectivity index (χ3v) is 1.72. The van der Waals surface area contributed by atoms with Crippen LogP contribution in [0, 0.1) is 0 Å². The van der Waals surface area contributed by atoms with Crippen molar-refractivity contribution in [2.75, 3.05) is 7.11 Å². The van der Waals surface area contributed by atoms with Crippen LogP contribution in [0.4, 0.5) is 0 Å². The Morgan fingerprint density at radius 1 is 1.62 bits per heavy atom. The first-order chi connectivity index (χ1) is 6.31. The molecule has 0 saturated heterocycles. The second-order valence-corrected chi connectivity index (χ2v) is 2.52. The van der Waals surface area contributed by atoms with Crippen LogP contribution in [0.25, 0.3) is 0 Å². The van der Waals surface area contributed by atoms with Gasteiger partial charge in [0, 0.05) is 18.3 Å². The zero-order valence-electron chi connectivity index (χ0n) is 7.74. The maximum Gasteiger partial charge on any atom is 0.316 e. The average Bonchev–Trinajstić information content (AvgIpc) is 2.19. The molecule has 5 nitrogen and oxygen atoms in total. The van der Waals surface area contributed by atoms with Crippen molar-refractivity contribution in [2.24, 2.45) is 0 Å². The van der Waals surface area contributed by atoms with Gasteiger partial charge in [-0.25, -0.2) is 10.5 Å². The Morgan fingerprint density at radius 3 is 2.92 bits per heavy atom. The molecule has 0 aliphatic carbocycles. The van der Waals surface area contributed by atoms with Crippen molar-refractivity contribution in [3.63, 3.8) is 0 Å². The van der Waals surface area contributed by atoms with Crippen molar-refractivity contribution in [3.05, 3.63) is 17.5 Å². The van der Waals surface area contributed by atoms with E-state index in [1.165, 1.54) is 7.11 Å². The van der Waals surface area contributed by atoms with Crippen LogP contribution < -0.4 is 10.2 Å². The van der Waals surface area contributed by atoms with Gasteiger partial charge in [0.1, 0.15) is 0 Å². The maximum atomic E-state index is 8.53. The Kier molecular flexibility index (Phi) is 3.60. The van der Waals surface area contributed by atoms with E-state index in [2.05, 4.69) is 15.4 Å². The predicted octanol–water partition coefficient (Wildman–Crippen LogP) is 0.526. The highest BCUT2D eigenvalue weighted by molar-refractivity contribution is 5.18. The summed E-state index contributed by atoms with van der Waals surface area (Å²) >= 11 is 0. The Balaban J connectivity index is 2.93. The van der Waals surface area contributed by atoms with Gasteiger partial charge in [-0.15, -0.1) is 0 Å². The highest BCUT2D eigenvalue weighted by Crippen LogP contribution is 2.09. The number of hydrogen-bond acceptors (Lipinski definition) is 5. The molecule has 1 aromatic rings. The molecule has 0 fully saturated rings. The highest BCUT2D eigenvalue weighted by Gasteiger charge is 2.04. The smallest absolute Gasteiger partial charge is 0.316 e. The van der Waals surface area contributed by atoms with E-state index in [0.29, 0.717) is 12.6 Å². The number of ether oxygens (including phenoxy) is 1. The topological polar surface area (TPSA) is 67.3 Å².